The number of anilines is 1. The number of aryl methyl sites for hydroxylation is 1. The van der Waals surface area contributed by atoms with Gasteiger partial charge in [0, 0.05) is 10.5 Å². The predicted molar refractivity (Wildman–Crippen MR) is 89.2 cm³/mol. The molecule has 22 heavy (non-hydrogen) atoms. The fourth-order valence-corrected chi connectivity index (χ4v) is 3.83. The van der Waals surface area contributed by atoms with E-state index in [4.69, 9.17) is 9.47 Å². The summed E-state index contributed by atoms with van der Waals surface area (Å²) in [5, 5.41) is 0. The molecule has 0 radical (unpaired) electrons. The van der Waals surface area contributed by atoms with Gasteiger partial charge in [-0.3, -0.25) is 4.72 Å². The maximum absolute atomic E-state index is 12.6. The molecule has 0 spiro atoms. The van der Waals surface area contributed by atoms with E-state index in [1.807, 2.05) is 6.07 Å². The van der Waals surface area contributed by atoms with E-state index < -0.39 is 10.0 Å². The van der Waals surface area contributed by atoms with Crippen molar-refractivity contribution in [2.24, 2.45) is 0 Å². The second kappa shape index (κ2) is 6.58. The molecule has 0 heterocycles. The average Bonchev–Trinajstić information content (AvgIpc) is 2.48. The van der Waals surface area contributed by atoms with Crippen LogP contribution in [-0.4, -0.2) is 22.6 Å². The minimum absolute atomic E-state index is 0.140. The zero-order valence-corrected chi connectivity index (χ0v) is 14.8. The van der Waals surface area contributed by atoms with Crippen molar-refractivity contribution in [1.82, 2.24) is 0 Å². The zero-order chi connectivity index (χ0) is 16.3. The van der Waals surface area contributed by atoms with Gasteiger partial charge >= 0.3 is 0 Å². The van der Waals surface area contributed by atoms with E-state index in [0.29, 0.717) is 27.2 Å². The minimum atomic E-state index is -3.74. The Kier molecular flexibility index (Phi) is 4.97. The van der Waals surface area contributed by atoms with Crippen LogP contribution in [0.4, 0.5) is 5.69 Å². The van der Waals surface area contributed by atoms with Gasteiger partial charge in [-0.15, -0.1) is 0 Å². The van der Waals surface area contributed by atoms with Gasteiger partial charge < -0.3 is 9.47 Å². The third-order valence-corrected chi connectivity index (χ3v) is 5.29. The smallest absolute Gasteiger partial charge is 0.262 e. The third-order valence-electron chi connectivity index (χ3n) is 3.09. The number of hydrogen-bond donors (Lipinski definition) is 1. The van der Waals surface area contributed by atoms with Crippen LogP contribution in [0, 0.1) is 6.92 Å². The van der Waals surface area contributed by atoms with Crippen LogP contribution in [0.2, 0.25) is 0 Å². The Labute approximate surface area is 138 Å². The first-order chi connectivity index (χ1) is 10.4. The first kappa shape index (κ1) is 16.6. The Bertz CT molecular complexity index is 790. The molecule has 0 aromatic heterocycles. The van der Waals surface area contributed by atoms with Gasteiger partial charge in [0.2, 0.25) is 0 Å². The summed E-state index contributed by atoms with van der Waals surface area (Å²) >= 11 is 3.32. The largest absolute Gasteiger partial charge is 0.493 e. The van der Waals surface area contributed by atoms with Crippen LogP contribution in [-0.2, 0) is 10.0 Å². The van der Waals surface area contributed by atoms with Crippen LogP contribution in [0.1, 0.15) is 5.56 Å². The summed E-state index contributed by atoms with van der Waals surface area (Å²) in [4.78, 5) is 0.140. The molecule has 1 N–H and O–H groups in total. The van der Waals surface area contributed by atoms with Crippen LogP contribution >= 0.6 is 15.9 Å². The Hall–Kier alpha value is -1.73. The van der Waals surface area contributed by atoms with Gasteiger partial charge in [-0.2, -0.15) is 0 Å². The average molecular weight is 386 g/mol. The molecule has 0 atom stereocenters. The predicted octanol–water partition coefficient (Wildman–Crippen LogP) is 3.58. The number of hydrogen-bond acceptors (Lipinski definition) is 4. The standard InChI is InChI=1S/C15H16BrNO4S/c1-10-8-13(20-2)14(21-3)9-15(10)22(18,19)17-12-7-5-4-6-11(12)16/h4-9,17H,1-3H3. The first-order valence-electron chi connectivity index (χ1n) is 6.39. The van der Waals surface area contributed by atoms with Crippen molar-refractivity contribution >= 4 is 31.6 Å². The Morgan fingerprint density at radius 1 is 1.05 bits per heavy atom. The van der Waals surface area contributed by atoms with Crippen molar-refractivity contribution in [1.29, 1.82) is 0 Å². The van der Waals surface area contributed by atoms with Crippen LogP contribution in [0.3, 0.4) is 0 Å². The van der Waals surface area contributed by atoms with Gasteiger partial charge in [0.25, 0.3) is 10.0 Å². The Morgan fingerprint density at radius 2 is 1.64 bits per heavy atom. The molecular formula is C15H16BrNO4S. The lowest BCUT2D eigenvalue weighted by atomic mass is 10.2. The van der Waals surface area contributed by atoms with Gasteiger partial charge in [0.15, 0.2) is 11.5 Å². The molecule has 0 saturated carbocycles. The quantitative estimate of drug-likeness (QED) is 0.853. The molecule has 7 heteroatoms. The molecule has 0 bridgehead atoms. The highest BCUT2D eigenvalue weighted by Crippen LogP contribution is 2.33. The number of rotatable bonds is 5. The topological polar surface area (TPSA) is 64.6 Å². The summed E-state index contributed by atoms with van der Waals surface area (Å²) in [6.45, 7) is 1.70. The molecular weight excluding hydrogens is 370 g/mol. The number of methoxy groups -OCH3 is 2. The van der Waals surface area contributed by atoms with Gasteiger partial charge in [-0.1, -0.05) is 12.1 Å². The maximum Gasteiger partial charge on any atom is 0.262 e. The van der Waals surface area contributed by atoms with E-state index in [9.17, 15) is 8.42 Å². The van der Waals surface area contributed by atoms with Crippen molar-refractivity contribution < 1.29 is 17.9 Å². The SMILES string of the molecule is COc1cc(C)c(S(=O)(=O)Nc2ccccc2Br)cc1OC. The highest BCUT2D eigenvalue weighted by Gasteiger charge is 2.21. The number of ether oxygens (including phenoxy) is 2. The number of para-hydroxylation sites is 1. The summed E-state index contributed by atoms with van der Waals surface area (Å²) in [6.07, 6.45) is 0. The molecule has 0 saturated heterocycles. The normalized spacial score (nSPS) is 11.1. The minimum Gasteiger partial charge on any atom is -0.493 e. The van der Waals surface area contributed by atoms with Crippen molar-refractivity contribution in [3.8, 4) is 11.5 Å². The van der Waals surface area contributed by atoms with Crippen LogP contribution < -0.4 is 14.2 Å². The first-order valence-corrected chi connectivity index (χ1v) is 8.66. The van der Waals surface area contributed by atoms with Crippen LogP contribution in [0.25, 0.3) is 0 Å². The molecule has 0 unspecified atom stereocenters. The molecule has 0 aliphatic rings. The third kappa shape index (κ3) is 3.36. The lowest BCUT2D eigenvalue weighted by Gasteiger charge is -2.15. The van der Waals surface area contributed by atoms with E-state index in [-0.39, 0.29) is 4.90 Å². The summed E-state index contributed by atoms with van der Waals surface area (Å²) in [5.74, 6) is 0.848. The van der Waals surface area contributed by atoms with Crippen molar-refractivity contribution in [2.45, 2.75) is 11.8 Å². The summed E-state index contributed by atoms with van der Waals surface area (Å²) in [6, 6.07) is 10.1. The highest BCUT2D eigenvalue weighted by atomic mass is 79.9. The molecule has 2 aromatic carbocycles. The van der Waals surface area contributed by atoms with Gasteiger partial charge in [0.1, 0.15) is 0 Å². The number of sulfonamides is 1. The molecule has 0 amide bonds. The Morgan fingerprint density at radius 3 is 2.23 bits per heavy atom. The monoisotopic (exact) mass is 385 g/mol. The number of nitrogens with one attached hydrogen (secondary N) is 1. The van der Waals surface area contributed by atoms with Gasteiger partial charge in [0.05, 0.1) is 24.8 Å². The van der Waals surface area contributed by atoms with Crippen molar-refractivity contribution in [2.75, 3.05) is 18.9 Å². The van der Waals surface area contributed by atoms with Crippen LogP contribution in [0.5, 0.6) is 11.5 Å². The van der Waals surface area contributed by atoms with Crippen LogP contribution in [0.15, 0.2) is 45.8 Å². The van der Waals surface area contributed by atoms with Gasteiger partial charge in [-0.25, -0.2) is 8.42 Å². The van der Waals surface area contributed by atoms with E-state index >= 15 is 0 Å². The van der Waals surface area contributed by atoms with E-state index in [1.54, 1.807) is 31.2 Å². The van der Waals surface area contributed by atoms with Crippen molar-refractivity contribution in [3.63, 3.8) is 0 Å². The maximum atomic E-state index is 12.6. The summed E-state index contributed by atoms with van der Waals surface area (Å²) in [5.41, 5.74) is 1.04. The Balaban J connectivity index is 2.48. The zero-order valence-electron chi connectivity index (χ0n) is 12.4. The van der Waals surface area contributed by atoms with E-state index in [0.717, 1.165) is 0 Å². The molecule has 2 rings (SSSR count). The number of benzene rings is 2. The van der Waals surface area contributed by atoms with E-state index in [1.165, 1.54) is 20.3 Å². The number of halogens is 1. The molecule has 118 valence electrons. The lowest BCUT2D eigenvalue weighted by Crippen LogP contribution is -2.15. The molecule has 0 aliphatic heterocycles. The lowest BCUT2D eigenvalue weighted by molar-refractivity contribution is 0.353. The fourth-order valence-electron chi connectivity index (χ4n) is 2.00. The summed E-state index contributed by atoms with van der Waals surface area (Å²) in [7, 11) is -0.772. The molecule has 0 fully saturated rings. The molecule has 0 aliphatic carbocycles. The van der Waals surface area contributed by atoms with E-state index in [2.05, 4.69) is 20.7 Å². The molecule has 2 aromatic rings. The second-order valence-electron chi connectivity index (χ2n) is 4.56. The van der Waals surface area contributed by atoms with Gasteiger partial charge in [-0.05, 0) is 46.6 Å². The van der Waals surface area contributed by atoms with Crippen molar-refractivity contribution in [3.05, 3.63) is 46.4 Å². The molecule has 5 nitrogen and oxygen atoms in total. The summed E-state index contributed by atoms with van der Waals surface area (Å²) < 4.78 is 38.8. The highest BCUT2D eigenvalue weighted by molar-refractivity contribution is 9.10. The fraction of sp³-hybridized carbons (Fsp3) is 0.200. The second-order valence-corrected chi connectivity index (χ2v) is 7.06.